The maximum absolute atomic E-state index is 9.71. The van der Waals surface area contributed by atoms with E-state index in [1.807, 2.05) is 6.07 Å². The van der Waals surface area contributed by atoms with Crippen molar-refractivity contribution in [1.82, 2.24) is 10.2 Å². The summed E-state index contributed by atoms with van der Waals surface area (Å²) in [7, 11) is 0. The topological polar surface area (TPSA) is 92.9 Å². The molecule has 0 aliphatic carbocycles. The van der Waals surface area contributed by atoms with Crippen LogP contribution in [0.5, 0.6) is 0 Å². The molecule has 5 heteroatoms. The third-order valence-corrected chi connectivity index (χ3v) is 2.15. The minimum Gasteiger partial charge on any atom is -0.389 e. The highest BCUT2D eigenvalue weighted by Gasteiger charge is 2.23. The SMILES string of the molecule is Cc1n[nH]c(C)c1C(O)C(O)CC#N. The van der Waals surface area contributed by atoms with E-state index in [-0.39, 0.29) is 6.42 Å². The van der Waals surface area contributed by atoms with Crippen molar-refractivity contribution in [1.29, 1.82) is 5.26 Å². The molecule has 2 unspecified atom stereocenters. The Morgan fingerprint density at radius 2 is 2.14 bits per heavy atom. The van der Waals surface area contributed by atoms with Gasteiger partial charge in [-0.3, -0.25) is 5.10 Å². The third kappa shape index (κ3) is 1.92. The molecule has 0 saturated carbocycles. The minimum absolute atomic E-state index is 0.0920. The first-order valence-corrected chi connectivity index (χ1v) is 4.32. The molecule has 0 aliphatic heterocycles. The zero-order valence-corrected chi connectivity index (χ0v) is 8.15. The molecule has 1 heterocycles. The molecule has 0 bridgehead atoms. The van der Waals surface area contributed by atoms with Gasteiger partial charge in [0.15, 0.2) is 0 Å². The van der Waals surface area contributed by atoms with Gasteiger partial charge in [0.1, 0.15) is 6.10 Å². The smallest absolute Gasteiger partial charge is 0.109 e. The molecule has 1 aromatic heterocycles. The van der Waals surface area contributed by atoms with E-state index in [2.05, 4.69) is 10.2 Å². The molecule has 0 fully saturated rings. The molecule has 0 amide bonds. The summed E-state index contributed by atoms with van der Waals surface area (Å²) in [5.41, 5.74) is 1.94. The number of hydrogen-bond donors (Lipinski definition) is 3. The lowest BCUT2D eigenvalue weighted by atomic mass is 10.0. The number of nitrogens with zero attached hydrogens (tertiary/aromatic N) is 2. The number of nitriles is 1. The number of aliphatic hydroxyl groups is 2. The van der Waals surface area contributed by atoms with Crippen molar-refractivity contribution < 1.29 is 10.2 Å². The number of aliphatic hydroxyl groups excluding tert-OH is 2. The van der Waals surface area contributed by atoms with Crippen molar-refractivity contribution in [3.05, 3.63) is 17.0 Å². The lowest BCUT2D eigenvalue weighted by Crippen LogP contribution is -2.18. The van der Waals surface area contributed by atoms with Crippen LogP contribution in [0.2, 0.25) is 0 Å². The lowest BCUT2D eigenvalue weighted by molar-refractivity contribution is 0.0209. The van der Waals surface area contributed by atoms with Crippen LogP contribution >= 0.6 is 0 Å². The predicted octanol–water partition coefficient (Wildman–Crippen LogP) is 0.335. The minimum atomic E-state index is -1.06. The molecule has 0 aromatic carbocycles. The molecule has 1 aromatic rings. The van der Waals surface area contributed by atoms with Gasteiger partial charge in [-0.05, 0) is 13.8 Å². The predicted molar refractivity (Wildman–Crippen MR) is 49.3 cm³/mol. The third-order valence-electron chi connectivity index (χ3n) is 2.15. The van der Waals surface area contributed by atoms with Crippen molar-refractivity contribution in [3.8, 4) is 6.07 Å². The zero-order chi connectivity index (χ0) is 10.7. The van der Waals surface area contributed by atoms with E-state index in [1.165, 1.54) is 0 Å². The summed E-state index contributed by atoms with van der Waals surface area (Å²) in [6.45, 7) is 3.50. The molecule has 5 nitrogen and oxygen atoms in total. The number of nitrogens with one attached hydrogen (secondary N) is 1. The average molecular weight is 195 g/mol. The number of H-pyrrole nitrogens is 1. The second-order valence-corrected chi connectivity index (χ2v) is 3.22. The average Bonchev–Trinajstić information content (AvgIpc) is 2.46. The van der Waals surface area contributed by atoms with E-state index < -0.39 is 12.2 Å². The van der Waals surface area contributed by atoms with E-state index in [1.54, 1.807) is 13.8 Å². The molecule has 0 saturated heterocycles. The number of hydrogen-bond acceptors (Lipinski definition) is 4. The molecule has 76 valence electrons. The van der Waals surface area contributed by atoms with E-state index in [4.69, 9.17) is 5.26 Å². The van der Waals surface area contributed by atoms with Crippen molar-refractivity contribution >= 4 is 0 Å². The van der Waals surface area contributed by atoms with Crippen LogP contribution in [0.25, 0.3) is 0 Å². The number of aryl methyl sites for hydroxylation is 2. The molecule has 0 spiro atoms. The van der Waals surface area contributed by atoms with Crippen LogP contribution in [0.1, 0.15) is 29.5 Å². The highest BCUT2D eigenvalue weighted by Crippen LogP contribution is 2.23. The Hall–Kier alpha value is -1.38. The zero-order valence-electron chi connectivity index (χ0n) is 8.15. The summed E-state index contributed by atoms with van der Waals surface area (Å²) >= 11 is 0. The van der Waals surface area contributed by atoms with Crippen molar-refractivity contribution in [2.45, 2.75) is 32.5 Å². The Morgan fingerprint density at radius 3 is 2.57 bits per heavy atom. The van der Waals surface area contributed by atoms with Crippen LogP contribution in [0.15, 0.2) is 0 Å². The van der Waals surface area contributed by atoms with Gasteiger partial charge in [0, 0.05) is 11.3 Å². The first-order valence-electron chi connectivity index (χ1n) is 4.32. The van der Waals surface area contributed by atoms with Gasteiger partial charge in [-0.25, -0.2) is 0 Å². The molecule has 0 radical (unpaired) electrons. The van der Waals surface area contributed by atoms with Crippen LogP contribution in [0.4, 0.5) is 0 Å². The van der Waals surface area contributed by atoms with Gasteiger partial charge in [0.05, 0.1) is 24.3 Å². The fourth-order valence-electron chi connectivity index (χ4n) is 1.39. The fourth-order valence-corrected chi connectivity index (χ4v) is 1.39. The molecular weight excluding hydrogens is 182 g/mol. The molecular formula is C9H13N3O2. The first kappa shape index (κ1) is 10.7. The van der Waals surface area contributed by atoms with Gasteiger partial charge in [-0.1, -0.05) is 0 Å². The largest absolute Gasteiger partial charge is 0.389 e. The maximum Gasteiger partial charge on any atom is 0.109 e. The fraction of sp³-hybridized carbons (Fsp3) is 0.556. The summed E-state index contributed by atoms with van der Waals surface area (Å²) in [5, 5.41) is 34.1. The second-order valence-electron chi connectivity index (χ2n) is 3.22. The summed E-state index contributed by atoms with van der Waals surface area (Å²) in [4.78, 5) is 0. The van der Waals surface area contributed by atoms with Gasteiger partial charge >= 0.3 is 0 Å². The number of aromatic nitrogens is 2. The highest BCUT2D eigenvalue weighted by atomic mass is 16.3. The molecule has 2 atom stereocenters. The Bertz CT molecular complexity index is 334. The molecule has 1 rings (SSSR count). The Balaban J connectivity index is 2.89. The molecule has 14 heavy (non-hydrogen) atoms. The lowest BCUT2D eigenvalue weighted by Gasteiger charge is -2.15. The summed E-state index contributed by atoms with van der Waals surface area (Å²) in [6.07, 6.45) is -2.20. The Morgan fingerprint density at radius 1 is 1.50 bits per heavy atom. The Kier molecular flexibility index (Phi) is 3.23. The van der Waals surface area contributed by atoms with Gasteiger partial charge in [-0.15, -0.1) is 0 Å². The monoisotopic (exact) mass is 195 g/mol. The van der Waals surface area contributed by atoms with Crippen LogP contribution in [-0.2, 0) is 0 Å². The normalized spacial score (nSPS) is 14.8. The van der Waals surface area contributed by atoms with Crippen LogP contribution in [0.3, 0.4) is 0 Å². The number of aromatic amines is 1. The van der Waals surface area contributed by atoms with Gasteiger partial charge in [0.2, 0.25) is 0 Å². The summed E-state index contributed by atoms with van der Waals surface area (Å²) in [6, 6.07) is 1.81. The number of rotatable bonds is 3. The molecule has 3 N–H and O–H groups in total. The van der Waals surface area contributed by atoms with Crippen LogP contribution < -0.4 is 0 Å². The van der Waals surface area contributed by atoms with E-state index in [0.717, 1.165) is 0 Å². The van der Waals surface area contributed by atoms with E-state index in [9.17, 15) is 10.2 Å². The quantitative estimate of drug-likeness (QED) is 0.648. The van der Waals surface area contributed by atoms with Gasteiger partial charge in [-0.2, -0.15) is 10.4 Å². The summed E-state index contributed by atoms with van der Waals surface area (Å²) < 4.78 is 0. The molecule has 0 aliphatic rings. The summed E-state index contributed by atoms with van der Waals surface area (Å²) in [5.74, 6) is 0. The first-order chi connectivity index (χ1) is 6.57. The van der Waals surface area contributed by atoms with Crippen molar-refractivity contribution in [2.75, 3.05) is 0 Å². The van der Waals surface area contributed by atoms with Crippen LogP contribution in [0, 0.1) is 25.2 Å². The van der Waals surface area contributed by atoms with E-state index >= 15 is 0 Å². The van der Waals surface area contributed by atoms with Crippen LogP contribution in [-0.4, -0.2) is 26.5 Å². The Labute approximate surface area is 82.0 Å². The van der Waals surface area contributed by atoms with Gasteiger partial charge in [0.25, 0.3) is 0 Å². The highest BCUT2D eigenvalue weighted by molar-refractivity contribution is 5.26. The maximum atomic E-state index is 9.71. The van der Waals surface area contributed by atoms with Crippen molar-refractivity contribution in [2.24, 2.45) is 0 Å². The van der Waals surface area contributed by atoms with Gasteiger partial charge < -0.3 is 10.2 Å². The van der Waals surface area contributed by atoms with Crippen molar-refractivity contribution in [3.63, 3.8) is 0 Å². The standard InChI is InChI=1S/C9H13N3O2/c1-5-8(6(2)12-11-5)9(14)7(13)3-4-10/h7,9,13-14H,3H2,1-2H3,(H,11,12). The second kappa shape index (κ2) is 4.22. The van der Waals surface area contributed by atoms with E-state index in [0.29, 0.717) is 17.0 Å².